The Kier molecular flexibility index (Phi) is 176. The van der Waals surface area contributed by atoms with Crippen molar-refractivity contribution in [2.24, 2.45) is 0 Å². The molecule has 0 aliphatic carbocycles. The monoisotopic (exact) mass is 1060 g/mol. The van der Waals surface area contributed by atoms with Crippen LogP contribution in [-0.2, 0) is 142 Å². The van der Waals surface area contributed by atoms with Gasteiger partial charge in [-0.25, -0.2) is 0 Å². The summed E-state index contributed by atoms with van der Waals surface area (Å²) in [5.74, 6) is 0. The summed E-state index contributed by atoms with van der Waals surface area (Å²) in [6.07, 6.45) is 0. The Hall–Kier alpha value is 14.0. The van der Waals surface area contributed by atoms with Crippen molar-refractivity contribution in [2.75, 3.05) is 0 Å². The zero-order valence-electron chi connectivity index (χ0n) is 26.4. The molecule has 0 bridgehead atoms. The van der Waals surface area contributed by atoms with Gasteiger partial charge in [0.2, 0.25) is 0 Å². The van der Waals surface area contributed by atoms with Crippen molar-refractivity contribution < 1.29 is 448 Å². The summed E-state index contributed by atoms with van der Waals surface area (Å²) in [5.41, 5.74) is 0. The van der Waals surface area contributed by atoms with Gasteiger partial charge in [-0.2, -0.15) is 4.21 Å². The van der Waals surface area contributed by atoms with E-state index in [9.17, 15) is 0 Å². The quantitative estimate of drug-likeness (QED) is 0.213. The average Bonchev–Trinajstić information content (AvgIpc) is 2.06. The third kappa shape index (κ3) is 1030. The summed E-state index contributed by atoms with van der Waals surface area (Å²) in [6, 6.07) is 0. The van der Waals surface area contributed by atoms with E-state index in [1.807, 2.05) is 0 Å². The zero-order chi connectivity index (χ0) is 31.5. The van der Waals surface area contributed by atoms with Gasteiger partial charge in [0.15, 0.2) is 0 Å². The van der Waals surface area contributed by atoms with Crippen molar-refractivity contribution in [3.8, 4) is 0 Å². The molecule has 0 heterocycles. The van der Waals surface area contributed by atoms with Crippen LogP contribution in [-0.4, -0.2) is 93.2 Å². The van der Waals surface area contributed by atoms with E-state index in [0.29, 0.717) is 0 Å². The first-order valence-corrected chi connectivity index (χ1v) is 21.1. The Morgan fingerprint density at radius 1 is 0.255 bits per heavy atom. The van der Waals surface area contributed by atoms with Gasteiger partial charge < -0.3 is 54.6 Å². The molecule has 0 radical (unpaired) electrons. The molecule has 0 saturated carbocycles. The SMILES string of the molecule is O=S(O)(O)=S.O=S([O-])([O-])=S.O=S([O-])([O-])=S.O=S([O-])([O-])=S.O=S([O-])([O-])=S.O=S([O-])([O-])=S.O=S([O-])([O-])=S.[Na+].[Na+].[Na+].[Na+].[Na+].[Na+].[Na+].[Na+].[Na+].[Na+].[Na+].[Na+]. The third-order valence-corrected chi connectivity index (χ3v) is 0. The Labute approximate surface area is 573 Å². The predicted octanol–water partition coefficient (Wildman–Crippen LogP) is -42.3. The van der Waals surface area contributed by atoms with Crippen LogP contribution >= 0.6 is 0 Å². The predicted molar refractivity (Wildman–Crippen MR) is 123 cm³/mol. The smallest absolute Gasteiger partial charge is 0.780 e. The summed E-state index contributed by atoms with van der Waals surface area (Å²) in [5, 5.41) is 0. The van der Waals surface area contributed by atoms with Crippen molar-refractivity contribution in [1.29, 1.82) is 0 Å². The van der Waals surface area contributed by atoms with Gasteiger partial charge in [-0.3, -0.25) is 34.4 Å². The minimum Gasteiger partial charge on any atom is -0.780 e. The normalized spacial score (nSPS) is 8.64. The fraction of sp³-hybridized carbons (Fsp3) is 0. The van der Waals surface area contributed by atoms with Crippen LogP contribution < -0.4 is 355 Å². The molecule has 0 amide bonds. The van der Waals surface area contributed by atoms with Crippen LogP contribution in [0, 0.1) is 0 Å². The fourth-order valence-electron chi connectivity index (χ4n) is 0. The summed E-state index contributed by atoms with van der Waals surface area (Å²) in [6.45, 7) is 0. The van der Waals surface area contributed by atoms with Gasteiger partial charge in [0, 0.05) is 11.2 Å². The van der Waals surface area contributed by atoms with Gasteiger partial charge in [-0.1, -0.05) is 0 Å². The number of hydrogen-bond acceptors (Lipinski definition) is 26. The van der Waals surface area contributed by atoms with E-state index in [4.69, 9.17) is 93.2 Å². The van der Waals surface area contributed by atoms with Crippen LogP contribution in [0.15, 0.2) is 0 Å². The molecule has 0 fully saturated rings. The molecule has 0 aromatic heterocycles. The van der Waals surface area contributed by atoms with Crippen LogP contribution in [0.3, 0.4) is 0 Å². The van der Waals surface area contributed by atoms with Crippen molar-refractivity contribution in [1.82, 2.24) is 0 Å². The second-order valence-electron chi connectivity index (χ2n) is 2.90. The maximum atomic E-state index is 9.11. The number of hydrogen-bond donors (Lipinski definition) is 2. The fourth-order valence-corrected chi connectivity index (χ4v) is 0. The minimum absolute atomic E-state index is 0. The Morgan fingerprint density at radius 2 is 0.255 bits per heavy atom. The Balaban J connectivity index is -0.0000000110. The van der Waals surface area contributed by atoms with Crippen LogP contribution in [0.4, 0.5) is 0 Å². The van der Waals surface area contributed by atoms with E-state index in [-0.39, 0.29) is 355 Å². The molecule has 224 valence electrons. The summed E-state index contributed by atoms with van der Waals surface area (Å²) in [4.78, 5) is 0. The molecular weight excluding hydrogens is 1060 g/mol. The molecule has 0 saturated heterocycles. The molecule has 0 aliphatic heterocycles. The molecule has 0 aromatic rings. The van der Waals surface area contributed by atoms with Crippen molar-refractivity contribution in [3.63, 3.8) is 0 Å². The van der Waals surface area contributed by atoms with Gasteiger partial charge in [0.1, 0.15) is 0 Å². The molecule has 0 unspecified atom stereocenters. The zero-order valence-corrected chi connectivity index (χ0v) is 61.8. The molecular formula is H2Na12O21S14. The van der Waals surface area contributed by atoms with E-state index in [1.165, 1.54) is 0 Å². The summed E-state index contributed by atoms with van der Waals surface area (Å²) in [7, 11) is -29.8. The largest absolute Gasteiger partial charge is 1.00 e. The average molecular weight is 1060 g/mol. The first-order valence-electron chi connectivity index (χ1n) is 4.70. The van der Waals surface area contributed by atoms with E-state index in [0.717, 1.165) is 0 Å². The molecule has 21 nitrogen and oxygen atoms in total. The van der Waals surface area contributed by atoms with Gasteiger partial charge in [-0.05, 0) is 67.1 Å². The Bertz CT molecular complexity index is 950. The first-order chi connectivity index (χ1) is 14.0. The maximum Gasteiger partial charge on any atom is 1.00 e. The molecule has 0 aliphatic rings. The molecule has 0 spiro atoms. The summed E-state index contributed by atoms with van der Waals surface area (Å²) >= 11 is 22.9. The van der Waals surface area contributed by atoms with Gasteiger partial charge >= 0.3 is 355 Å². The second kappa shape index (κ2) is 66.6. The minimum atomic E-state index is -4.33. The molecule has 0 rings (SSSR count). The number of rotatable bonds is 0. The van der Waals surface area contributed by atoms with E-state index >= 15 is 0 Å². The van der Waals surface area contributed by atoms with Crippen molar-refractivity contribution in [3.05, 3.63) is 0 Å². The van der Waals surface area contributed by atoms with Gasteiger partial charge in [0.25, 0.3) is 9.05 Å². The van der Waals surface area contributed by atoms with Crippen LogP contribution in [0.25, 0.3) is 0 Å². The first kappa shape index (κ1) is 124. The second-order valence-corrected chi connectivity index (χ2v) is 17.3. The standard InChI is InChI=1S/12Na.7H2O3S2/c;;;;;;;;;;;;7*1-5(2,3)4/h;;;;;;;;;;;;7*(H2,1,2,3,4)/q12*+1;;;;;;;/p-12. The molecule has 2 N–H and O–H groups in total. The van der Waals surface area contributed by atoms with Crippen molar-refractivity contribution >= 4 is 142 Å². The summed E-state index contributed by atoms with van der Waals surface area (Å²) < 4.78 is 184. The molecule has 47 heteroatoms. The van der Waals surface area contributed by atoms with Gasteiger partial charge in [0.05, 0.1) is 0 Å². The molecule has 0 aromatic carbocycles. The van der Waals surface area contributed by atoms with Crippen LogP contribution in [0.1, 0.15) is 0 Å². The molecule has 0 atom stereocenters. The van der Waals surface area contributed by atoms with Crippen LogP contribution in [0.2, 0.25) is 0 Å². The Morgan fingerprint density at radius 3 is 0.255 bits per heavy atom. The maximum absolute atomic E-state index is 9.11. The van der Waals surface area contributed by atoms with E-state index in [2.05, 4.69) is 78.3 Å². The van der Waals surface area contributed by atoms with Crippen molar-refractivity contribution in [2.45, 2.75) is 0 Å². The van der Waals surface area contributed by atoms with Gasteiger partial charge in [-0.15, -0.1) is 54.3 Å². The van der Waals surface area contributed by atoms with E-state index < -0.39 is 63.4 Å². The topological polar surface area (TPSA) is 437 Å². The van der Waals surface area contributed by atoms with E-state index in [1.54, 1.807) is 0 Å². The molecule has 47 heavy (non-hydrogen) atoms. The third-order valence-electron chi connectivity index (χ3n) is 0. The van der Waals surface area contributed by atoms with Crippen LogP contribution in [0.5, 0.6) is 0 Å².